The monoisotopic (exact) mass is 474 g/mol. The second-order valence-electron chi connectivity index (χ2n) is 6.70. The van der Waals surface area contributed by atoms with Gasteiger partial charge >= 0.3 is 21.4 Å². The Kier molecular flexibility index (Phi) is 6.21. The van der Waals surface area contributed by atoms with Crippen molar-refractivity contribution in [2.75, 3.05) is 0 Å². The molecule has 4 rings (SSSR count). The molecule has 1 aliphatic rings. The van der Waals surface area contributed by atoms with Crippen LogP contribution in [-0.2, 0) is 13.7 Å². The molecule has 168 valence electrons. The summed E-state index contributed by atoms with van der Waals surface area (Å²) in [6, 6.07) is 3.53. The third-order valence-corrected chi connectivity index (χ3v) is 4.70. The summed E-state index contributed by atoms with van der Waals surface area (Å²) in [6.45, 7) is 0. The van der Waals surface area contributed by atoms with Crippen molar-refractivity contribution >= 4 is 37.7 Å². The van der Waals surface area contributed by atoms with Crippen LogP contribution in [0.4, 0.5) is 39.5 Å². The second-order valence-corrected chi connectivity index (χ2v) is 6.70. The van der Waals surface area contributed by atoms with Gasteiger partial charge in [0.1, 0.15) is 0 Å². The summed E-state index contributed by atoms with van der Waals surface area (Å²) in [5.74, 6) is -15.9. The zero-order valence-electron chi connectivity index (χ0n) is 15.8. The fourth-order valence-corrected chi connectivity index (χ4v) is 3.04. The molecule has 1 aliphatic heterocycles. The summed E-state index contributed by atoms with van der Waals surface area (Å²) < 4.78 is 139. The summed E-state index contributed by atoms with van der Waals surface area (Å²) >= 11 is 0. The molecule has 1 fully saturated rings. The largest absolute Gasteiger partial charge is 0.470 e. The van der Waals surface area contributed by atoms with E-state index in [1.165, 1.54) is 0 Å². The Morgan fingerprint density at radius 2 is 0.606 bits per heavy atom. The van der Waals surface area contributed by atoms with E-state index < -0.39 is 90.1 Å². The van der Waals surface area contributed by atoms with Gasteiger partial charge in [0.2, 0.25) is 0 Å². The normalized spacial score (nSPS) is 14.3. The zero-order chi connectivity index (χ0) is 24.0. The molecule has 0 aliphatic carbocycles. The highest BCUT2D eigenvalue weighted by molar-refractivity contribution is 6.87. The lowest BCUT2D eigenvalue weighted by molar-refractivity contribution is 0.304. The molecular weight excluding hydrogens is 468 g/mol. The average Bonchev–Trinajstić information content (AvgIpc) is 2.79. The van der Waals surface area contributed by atoms with Crippen LogP contribution in [0.25, 0.3) is 0 Å². The van der Waals surface area contributed by atoms with Crippen molar-refractivity contribution < 1.29 is 53.2 Å². The van der Waals surface area contributed by atoms with E-state index in [0.29, 0.717) is 36.4 Å². The van der Waals surface area contributed by atoms with Gasteiger partial charge in [-0.15, -0.1) is 0 Å². The molecule has 1 saturated heterocycles. The summed E-state index contributed by atoms with van der Waals surface area (Å²) in [7, 11) is -6.20. The Morgan fingerprint density at radius 3 is 0.848 bits per heavy atom. The van der Waals surface area contributed by atoms with Gasteiger partial charge in [0.25, 0.3) is 0 Å². The predicted molar refractivity (Wildman–Crippen MR) is 98.4 cm³/mol. The van der Waals surface area contributed by atoms with Crippen molar-refractivity contribution in [3.63, 3.8) is 0 Å². The first-order valence-electron chi connectivity index (χ1n) is 8.96. The Balaban J connectivity index is 1.82. The highest BCUT2D eigenvalue weighted by atomic mass is 19.2. The molecule has 0 saturated carbocycles. The standard InChI is InChI=1S/C18H6B3F9O3/c22-10-4-1-7(13(25)16(10)28)19-31-20(8-2-5-11(23)17(29)14(8)26)33-21(32-19)9-3-6-12(24)18(30)15(9)27/h1-6H. The lowest BCUT2D eigenvalue weighted by Crippen LogP contribution is -2.63. The fraction of sp³-hybridized carbons (Fsp3) is 0. The van der Waals surface area contributed by atoms with Crippen molar-refractivity contribution in [2.45, 2.75) is 0 Å². The van der Waals surface area contributed by atoms with Gasteiger partial charge in [-0.25, -0.2) is 39.5 Å². The van der Waals surface area contributed by atoms with Gasteiger partial charge in [0.05, 0.1) is 0 Å². The van der Waals surface area contributed by atoms with Crippen LogP contribution in [0.2, 0.25) is 0 Å². The number of benzene rings is 3. The number of halogens is 9. The van der Waals surface area contributed by atoms with E-state index in [9.17, 15) is 39.5 Å². The Bertz CT molecular complexity index is 1090. The molecule has 3 aromatic rings. The molecule has 33 heavy (non-hydrogen) atoms. The maximum absolute atomic E-state index is 14.3. The van der Waals surface area contributed by atoms with Gasteiger partial charge in [-0.1, -0.05) is 18.2 Å². The average molecular weight is 474 g/mol. The Morgan fingerprint density at radius 1 is 0.364 bits per heavy atom. The van der Waals surface area contributed by atoms with Gasteiger partial charge in [0.15, 0.2) is 52.4 Å². The van der Waals surface area contributed by atoms with Gasteiger partial charge in [-0.05, 0) is 18.2 Å². The molecule has 0 bridgehead atoms. The minimum Gasteiger partial charge on any atom is -0.444 e. The topological polar surface area (TPSA) is 27.7 Å². The van der Waals surface area contributed by atoms with E-state index in [4.69, 9.17) is 13.7 Å². The van der Waals surface area contributed by atoms with Crippen molar-refractivity contribution in [3.8, 4) is 0 Å². The Labute approximate surface area is 180 Å². The molecule has 0 radical (unpaired) electrons. The van der Waals surface area contributed by atoms with Crippen LogP contribution in [0, 0.1) is 52.4 Å². The van der Waals surface area contributed by atoms with Crippen LogP contribution in [0.1, 0.15) is 0 Å². The highest BCUT2D eigenvalue weighted by Crippen LogP contribution is 2.18. The molecule has 0 amide bonds. The minimum atomic E-state index is -2.07. The van der Waals surface area contributed by atoms with Crippen molar-refractivity contribution in [3.05, 3.63) is 88.8 Å². The quantitative estimate of drug-likeness (QED) is 0.332. The Hall–Kier alpha value is -2.90. The van der Waals surface area contributed by atoms with E-state index in [1.54, 1.807) is 0 Å². The van der Waals surface area contributed by atoms with E-state index >= 15 is 0 Å². The number of rotatable bonds is 3. The summed E-state index contributed by atoms with van der Waals surface area (Å²) in [5.41, 5.74) is -2.42. The molecule has 3 aromatic carbocycles. The van der Waals surface area contributed by atoms with Crippen LogP contribution in [0.15, 0.2) is 36.4 Å². The molecule has 1 heterocycles. The maximum atomic E-state index is 14.3. The molecule has 0 N–H and O–H groups in total. The first-order valence-corrected chi connectivity index (χ1v) is 8.96. The van der Waals surface area contributed by atoms with E-state index in [-0.39, 0.29) is 0 Å². The van der Waals surface area contributed by atoms with E-state index in [0.717, 1.165) is 0 Å². The first kappa shape index (κ1) is 23.3. The van der Waals surface area contributed by atoms with Crippen molar-refractivity contribution in [1.82, 2.24) is 0 Å². The predicted octanol–water partition coefficient (Wildman–Crippen LogP) is 2.49. The number of hydrogen-bond donors (Lipinski definition) is 0. The summed E-state index contributed by atoms with van der Waals surface area (Å²) in [4.78, 5) is 0. The van der Waals surface area contributed by atoms with E-state index in [2.05, 4.69) is 0 Å². The third kappa shape index (κ3) is 4.11. The van der Waals surface area contributed by atoms with Crippen LogP contribution in [0.3, 0.4) is 0 Å². The lowest BCUT2D eigenvalue weighted by atomic mass is 9.61. The highest BCUT2D eigenvalue weighted by Gasteiger charge is 2.47. The van der Waals surface area contributed by atoms with Gasteiger partial charge in [-0.3, -0.25) is 0 Å². The summed E-state index contributed by atoms with van der Waals surface area (Å²) in [5, 5.41) is 0. The smallest absolute Gasteiger partial charge is 0.444 e. The van der Waals surface area contributed by atoms with Crippen LogP contribution in [0.5, 0.6) is 0 Å². The van der Waals surface area contributed by atoms with Gasteiger partial charge in [0, 0.05) is 16.4 Å². The fourth-order valence-electron chi connectivity index (χ4n) is 3.04. The van der Waals surface area contributed by atoms with Crippen molar-refractivity contribution in [1.29, 1.82) is 0 Å². The SMILES string of the molecule is Fc1ccc(B2OB(c3ccc(F)c(F)c3F)OB(c3ccc(F)c(F)c3F)O2)c(F)c1F. The number of hydrogen-bond acceptors (Lipinski definition) is 3. The molecule has 15 heteroatoms. The maximum Gasteiger partial charge on any atom is 0.470 e. The molecule has 3 nitrogen and oxygen atoms in total. The van der Waals surface area contributed by atoms with Gasteiger partial charge < -0.3 is 13.7 Å². The molecule has 0 unspecified atom stereocenters. The van der Waals surface area contributed by atoms with Gasteiger partial charge in [-0.2, -0.15) is 0 Å². The molecule has 0 atom stereocenters. The molecular formula is C18H6B3F9O3. The molecule has 0 aromatic heterocycles. The zero-order valence-corrected chi connectivity index (χ0v) is 15.8. The van der Waals surface area contributed by atoms with Crippen molar-refractivity contribution in [2.24, 2.45) is 0 Å². The van der Waals surface area contributed by atoms with Crippen LogP contribution in [-0.4, -0.2) is 21.4 Å². The van der Waals surface area contributed by atoms with Crippen LogP contribution < -0.4 is 16.4 Å². The molecule has 0 spiro atoms. The third-order valence-electron chi connectivity index (χ3n) is 4.70. The van der Waals surface area contributed by atoms with E-state index in [1.807, 2.05) is 0 Å². The summed E-state index contributed by atoms with van der Waals surface area (Å²) in [6.07, 6.45) is 0. The first-order chi connectivity index (χ1) is 15.6. The minimum absolute atomic E-state index is 0.496. The lowest BCUT2D eigenvalue weighted by Gasteiger charge is -2.32. The second kappa shape index (κ2) is 8.80. The van der Waals surface area contributed by atoms with Crippen LogP contribution >= 0.6 is 0 Å².